The van der Waals surface area contributed by atoms with E-state index in [9.17, 15) is 9.67 Å². The van der Waals surface area contributed by atoms with Crippen molar-refractivity contribution in [2.75, 3.05) is 32.0 Å². The first-order valence-electron chi connectivity index (χ1n) is 6.41. The zero-order chi connectivity index (χ0) is 16.3. The van der Waals surface area contributed by atoms with Crippen LogP contribution in [0.2, 0.25) is 0 Å². The Hall–Kier alpha value is -1.58. The summed E-state index contributed by atoms with van der Waals surface area (Å²) in [5.74, 6) is 0.663. The molecule has 0 fully saturated rings. The molecule has 0 amide bonds. The van der Waals surface area contributed by atoms with E-state index < -0.39 is 20.0 Å². The Morgan fingerprint density at radius 2 is 2.09 bits per heavy atom. The van der Waals surface area contributed by atoms with E-state index in [4.69, 9.17) is 14.5 Å². The van der Waals surface area contributed by atoms with Gasteiger partial charge in [0.15, 0.2) is 17.0 Å². The second kappa shape index (κ2) is 6.67. The van der Waals surface area contributed by atoms with Crippen LogP contribution >= 0.6 is 7.60 Å². The van der Waals surface area contributed by atoms with Crippen LogP contribution in [0, 0.1) is 0 Å². The van der Waals surface area contributed by atoms with Gasteiger partial charge in [-0.15, -0.1) is 0 Å². The lowest BCUT2D eigenvalue weighted by molar-refractivity contribution is 0.0413. The Morgan fingerprint density at radius 1 is 1.36 bits per heavy atom. The Morgan fingerprint density at radius 3 is 2.73 bits per heavy atom. The number of hydrogen-bond donors (Lipinski definition) is 3. The highest BCUT2D eigenvalue weighted by Crippen LogP contribution is 2.33. The second-order valence-electron chi connectivity index (χ2n) is 4.98. The number of hydrogen-bond acceptors (Lipinski definition) is 7. The summed E-state index contributed by atoms with van der Waals surface area (Å²) in [6.45, 7) is -0.0576. The third-order valence-electron chi connectivity index (χ3n) is 2.78. The SMILES string of the molecule is CN(C)c1ncnc2c1ncn2CC(O)COCP(=O)(O)O. The molecular formula is C11H18N5O5P. The molecule has 1 unspecified atom stereocenters. The summed E-state index contributed by atoms with van der Waals surface area (Å²) in [5, 5.41) is 9.88. The number of nitrogens with zero attached hydrogens (tertiary/aromatic N) is 5. The summed E-state index contributed by atoms with van der Waals surface area (Å²) in [4.78, 5) is 31.7. The lowest BCUT2D eigenvalue weighted by Gasteiger charge is -2.13. The molecule has 22 heavy (non-hydrogen) atoms. The average molecular weight is 331 g/mol. The minimum absolute atomic E-state index is 0.140. The highest BCUT2D eigenvalue weighted by Gasteiger charge is 2.16. The quantitative estimate of drug-likeness (QED) is 0.569. The van der Waals surface area contributed by atoms with Gasteiger partial charge >= 0.3 is 7.60 Å². The first-order valence-corrected chi connectivity index (χ1v) is 8.21. The van der Waals surface area contributed by atoms with Crippen LogP contribution < -0.4 is 4.90 Å². The van der Waals surface area contributed by atoms with E-state index in [1.165, 1.54) is 12.7 Å². The van der Waals surface area contributed by atoms with Crippen molar-refractivity contribution < 1.29 is 24.2 Å². The first-order chi connectivity index (χ1) is 10.3. The molecule has 0 bridgehead atoms. The molecular weight excluding hydrogens is 313 g/mol. The molecule has 0 radical (unpaired) electrons. The van der Waals surface area contributed by atoms with Gasteiger partial charge in [0.1, 0.15) is 12.7 Å². The molecule has 1 atom stereocenters. The molecule has 11 heteroatoms. The number of aliphatic hydroxyl groups is 1. The number of aromatic nitrogens is 4. The maximum absolute atomic E-state index is 10.7. The number of aliphatic hydroxyl groups excluding tert-OH is 1. The maximum atomic E-state index is 10.7. The number of anilines is 1. The summed E-state index contributed by atoms with van der Waals surface area (Å²) >= 11 is 0. The van der Waals surface area contributed by atoms with Gasteiger partial charge in [0.05, 0.1) is 25.6 Å². The van der Waals surface area contributed by atoms with E-state index in [0.29, 0.717) is 17.0 Å². The van der Waals surface area contributed by atoms with Crippen molar-refractivity contribution in [1.82, 2.24) is 19.5 Å². The second-order valence-corrected chi connectivity index (χ2v) is 6.57. The van der Waals surface area contributed by atoms with Gasteiger partial charge in [-0.2, -0.15) is 0 Å². The lowest BCUT2D eigenvalue weighted by atomic mass is 10.3. The van der Waals surface area contributed by atoms with Gasteiger partial charge in [-0.25, -0.2) is 15.0 Å². The van der Waals surface area contributed by atoms with Gasteiger partial charge in [0.2, 0.25) is 0 Å². The number of fused-ring (bicyclic) bond motifs is 1. The third-order valence-corrected chi connectivity index (χ3v) is 3.30. The lowest BCUT2D eigenvalue weighted by Crippen LogP contribution is -2.22. The van der Waals surface area contributed by atoms with Crippen molar-refractivity contribution in [1.29, 1.82) is 0 Å². The van der Waals surface area contributed by atoms with Crippen LogP contribution in [0.3, 0.4) is 0 Å². The fourth-order valence-electron chi connectivity index (χ4n) is 1.92. The van der Waals surface area contributed by atoms with Gasteiger partial charge in [-0.05, 0) is 0 Å². The monoisotopic (exact) mass is 331 g/mol. The maximum Gasteiger partial charge on any atom is 0.350 e. The molecule has 2 aromatic heterocycles. The molecule has 0 aliphatic carbocycles. The summed E-state index contributed by atoms with van der Waals surface area (Å²) in [7, 11) is -0.550. The molecule has 122 valence electrons. The number of rotatable bonds is 7. The molecule has 0 aliphatic heterocycles. The predicted octanol–water partition coefficient (Wildman–Crippen LogP) is -0.595. The molecule has 0 saturated heterocycles. The summed E-state index contributed by atoms with van der Waals surface area (Å²) in [6, 6.07) is 0. The largest absolute Gasteiger partial charge is 0.389 e. The Kier molecular flexibility index (Phi) is 5.09. The highest BCUT2D eigenvalue weighted by atomic mass is 31.2. The van der Waals surface area contributed by atoms with Crippen molar-refractivity contribution >= 4 is 24.6 Å². The summed E-state index contributed by atoms with van der Waals surface area (Å²) < 4.78 is 17.1. The van der Waals surface area contributed by atoms with Crippen LogP contribution in [0.1, 0.15) is 0 Å². The van der Waals surface area contributed by atoms with E-state index in [0.717, 1.165) is 0 Å². The van der Waals surface area contributed by atoms with Crippen molar-refractivity contribution in [2.24, 2.45) is 0 Å². The smallest absolute Gasteiger partial charge is 0.350 e. The van der Waals surface area contributed by atoms with Gasteiger partial charge in [0.25, 0.3) is 0 Å². The first kappa shape index (κ1) is 16.8. The van der Waals surface area contributed by atoms with E-state index in [1.54, 1.807) is 9.47 Å². The van der Waals surface area contributed by atoms with Crippen LogP contribution in [0.25, 0.3) is 11.2 Å². The molecule has 2 rings (SSSR count). The molecule has 0 aromatic carbocycles. The van der Waals surface area contributed by atoms with E-state index >= 15 is 0 Å². The van der Waals surface area contributed by atoms with E-state index in [1.807, 2.05) is 14.1 Å². The molecule has 0 aliphatic rings. The van der Waals surface area contributed by atoms with Crippen LogP contribution in [0.5, 0.6) is 0 Å². The average Bonchev–Trinajstić information content (AvgIpc) is 2.80. The summed E-state index contributed by atoms with van der Waals surface area (Å²) in [5.41, 5.74) is 1.17. The zero-order valence-corrected chi connectivity index (χ0v) is 13.1. The van der Waals surface area contributed by atoms with Crippen molar-refractivity contribution in [3.8, 4) is 0 Å². The fourth-order valence-corrected chi connectivity index (χ4v) is 2.26. The Balaban J connectivity index is 2.06. The zero-order valence-electron chi connectivity index (χ0n) is 12.2. The van der Waals surface area contributed by atoms with Gasteiger partial charge < -0.3 is 29.1 Å². The third kappa shape index (κ3) is 4.21. The van der Waals surface area contributed by atoms with Crippen LogP contribution in [-0.2, 0) is 15.8 Å². The topological polar surface area (TPSA) is 134 Å². The normalized spacial score (nSPS) is 13.5. The van der Waals surface area contributed by atoms with Crippen LogP contribution in [0.15, 0.2) is 12.7 Å². The molecule has 10 nitrogen and oxygen atoms in total. The van der Waals surface area contributed by atoms with Gasteiger partial charge in [-0.1, -0.05) is 0 Å². The van der Waals surface area contributed by atoms with Gasteiger partial charge in [0, 0.05) is 14.1 Å². The number of imidazole rings is 1. The van der Waals surface area contributed by atoms with Crippen molar-refractivity contribution in [3.63, 3.8) is 0 Å². The van der Waals surface area contributed by atoms with Crippen molar-refractivity contribution in [2.45, 2.75) is 12.6 Å². The molecule has 2 aromatic rings. The minimum atomic E-state index is -4.23. The summed E-state index contributed by atoms with van der Waals surface area (Å²) in [6.07, 6.45) is 1.27. The van der Waals surface area contributed by atoms with Crippen LogP contribution in [0.4, 0.5) is 5.82 Å². The van der Waals surface area contributed by atoms with E-state index in [2.05, 4.69) is 15.0 Å². The Bertz CT molecular complexity index is 685. The standard InChI is InChI=1S/C11H18N5O5P/c1-15(2)10-9-11(13-5-12-10)16(6-14-9)3-8(17)4-21-7-22(18,19)20/h5-6,8,17H,3-4,7H2,1-2H3,(H2,18,19,20). The predicted molar refractivity (Wildman–Crippen MR) is 78.5 cm³/mol. The Labute approximate surface area is 126 Å². The molecule has 2 heterocycles. The number of ether oxygens (including phenoxy) is 1. The van der Waals surface area contributed by atoms with Crippen LogP contribution in [-0.4, -0.2) is 67.6 Å². The minimum Gasteiger partial charge on any atom is -0.389 e. The molecule has 0 spiro atoms. The molecule has 0 saturated carbocycles. The van der Waals surface area contributed by atoms with Gasteiger partial charge in [-0.3, -0.25) is 4.57 Å². The fraction of sp³-hybridized carbons (Fsp3) is 0.545. The van der Waals surface area contributed by atoms with E-state index in [-0.39, 0.29) is 13.2 Å². The van der Waals surface area contributed by atoms with Crippen molar-refractivity contribution in [3.05, 3.63) is 12.7 Å². The molecule has 3 N–H and O–H groups in total. The highest BCUT2D eigenvalue weighted by molar-refractivity contribution is 7.51.